The van der Waals surface area contributed by atoms with E-state index in [9.17, 15) is 4.79 Å². The second-order valence-corrected chi connectivity index (χ2v) is 2.27. The maximum atomic E-state index is 10.7. The molecule has 86 valence electrons. The first-order valence-electron chi connectivity index (χ1n) is 4.77. The number of amides is 1. The SMILES string of the molecule is CC.CO.NCc1cccc(C(N)=O)c1. The van der Waals surface area contributed by atoms with Gasteiger partial charge in [0.1, 0.15) is 0 Å². The number of aliphatic hydroxyl groups excluding tert-OH is 1. The molecule has 1 aromatic carbocycles. The van der Waals surface area contributed by atoms with Crippen LogP contribution in [-0.2, 0) is 6.54 Å². The van der Waals surface area contributed by atoms with Crippen molar-refractivity contribution in [3.63, 3.8) is 0 Å². The molecule has 0 aromatic heterocycles. The summed E-state index contributed by atoms with van der Waals surface area (Å²) in [6.07, 6.45) is 0. The molecular weight excluding hydrogens is 192 g/mol. The molecule has 0 bridgehead atoms. The van der Waals surface area contributed by atoms with E-state index in [0.717, 1.165) is 12.7 Å². The minimum Gasteiger partial charge on any atom is -0.400 e. The number of carbonyl (C=O) groups excluding carboxylic acids is 1. The monoisotopic (exact) mass is 212 g/mol. The van der Waals surface area contributed by atoms with Crippen molar-refractivity contribution in [2.75, 3.05) is 7.11 Å². The number of primary amides is 1. The van der Waals surface area contributed by atoms with Crippen LogP contribution in [0.5, 0.6) is 0 Å². The molecule has 0 heterocycles. The van der Waals surface area contributed by atoms with Gasteiger partial charge < -0.3 is 16.6 Å². The van der Waals surface area contributed by atoms with Gasteiger partial charge in [-0.3, -0.25) is 4.79 Å². The molecular formula is C11H20N2O2. The van der Waals surface area contributed by atoms with Gasteiger partial charge in [0.05, 0.1) is 0 Å². The lowest BCUT2D eigenvalue weighted by Crippen LogP contribution is -2.11. The summed E-state index contributed by atoms with van der Waals surface area (Å²) < 4.78 is 0. The second-order valence-electron chi connectivity index (χ2n) is 2.27. The average Bonchev–Trinajstić information content (AvgIpc) is 2.34. The molecule has 4 nitrogen and oxygen atoms in total. The first-order valence-corrected chi connectivity index (χ1v) is 4.77. The lowest BCUT2D eigenvalue weighted by atomic mass is 10.1. The van der Waals surface area contributed by atoms with Crippen molar-refractivity contribution in [1.82, 2.24) is 0 Å². The highest BCUT2D eigenvalue weighted by molar-refractivity contribution is 5.92. The molecule has 0 spiro atoms. The van der Waals surface area contributed by atoms with Crippen molar-refractivity contribution in [3.05, 3.63) is 35.4 Å². The van der Waals surface area contributed by atoms with E-state index in [4.69, 9.17) is 16.6 Å². The first kappa shape index (κ1) is 16.1. The molecule has 1 amide bonds. The van der Waals surface area contributed by atoms with Gasteiger partial charge in [-0.05, 0) is 17.7 Å². The van der Waals surface area contributed by atoms with Gasteiger partial charge in [0, 0.05) is 19.2 Å². The zero-order valence-corrected chi connectivity index (χ0v) is 9.53. The van der Waals surface area contributed by atoms with Crippen molar-refractivity contribution in [2.45, 2.75) is 20.4 Å². The van der Waals surface area contributed by atoms with E-state index in [1.54, 1.807) is 18.2 Å². The Morgan fingerprint density at radius 1 is 1.33 bits per heavy atom. The number of hydrogen-bond donors (Lipinski definition) is 3. The number of hydrogen-bond acceptors (Lipinski definition) is 3. The number of aliphatic hydroxyl groups is 1. The van der Waals surface area contributed by atoms with Crippen LogP contribution in [-0.4, -0.2) is 18.1 Å². The maximum Gasteiger partial charge on any atom is 0.248 e. The van der Waals surface area contributed by atoms with Gasteiger partial charge in [-0.1, -0.05) is 26.0 Å². The Kier molecular flexibility index (Phi) is 11.4. The molecule has 1 rings (SSSR count). The van der Waals surface area contributed by atoms with E-state index in [-0.39, 0.29) is 0 Å². The highest BCUT2D eigenvalue weighted by Crippen LogP contribution is 2.02. The molecule has 0 fully saturated rings. The molecule has 5 N–H and O–H groups in total. The van der Waals surface area contributed by atoms with Crippen LogP contribution in [0, 0.1) is 0 Å². The zero-order chi connectivity index (χ0) is 12.3. The molecule has 0 radical (unpaired) electrons. The van der Waals surface area contributed by atoms with E-state index in [0.29, 0.717) is 12.1 Å². The molecule has 4 heteroatoms. The van der Waals surface area contributed by atoms with Gasteiger partial charge in [0.2, 0.25) is 5.91 Å². The summed E-state index contributed by atoms with van der Waals surface area (Å²) in [6, 6.07) is 6.98. The summed E-state index contributed by atoms with van der Waals surface area (Å²) in [5, 5.41) is 7.00. The van der Waals surface area contributed by atoms with E-state index in [1.807, 2.05) is 19.9 Å². The Balaban J connectivity index is 0. The third-order valence-electron chi connectivity index (χ3n) is 1.45. The fraction of sp³-hybridized carbons (Fsp3) is 0.364. The quantitative estimate of drug-likeness (QED) is 0.679. The van der Waals surface area contributed by atoms with Gasteiger partial charge >= 0.3 is 0 Å². The van der Waals surface area contributed by atoms with Crippen LogP contribution in [0.25, 0.3) is 0 Å². The van der Waals surface area contributed by atoms with E-state index in [2.05, 4.69) is 0 Å². The predicted molar refractivity (Wildman–Crippen MR) is 62.3 cm³/mol. The fourth-order valence-electron chi connectivity index (χ4n) is 0.852. The van der Waals surface area contributed by atoms with Crippen molar-refractivity contribution in [2.24, 2.45) is 11.5 Å². The van der Waals surface area contributed by atoms with Crippen LogP contribution in [0.3, 0.4) is 0 Å². The van der Waals surface area contributed by atoms with Gasteiger partial charge in [-0.15, -0.1) is 0 Å². The van der Waals surface area contributed by atoms with Crippen LogP contribution < -0.4 is 11.5 Å². The van der Waals surface area contributed by atoms with Crippen molar-refractivity contribution < 1.29 is 9.90 Å². The highest BCUT2D eigenvalue weighted by Gasteiger charge is 1.98. The minimum atomic E-state index is -0.416. The third-order valence-corrected chi connectivity index (χ3v) is 1.45. The third kappa shape index (κ3) is 6.65. The topological polar surface area (TPSA) is 89.3 Å². The number of nitrogens with two attached hydrogens (primary N) is 2. The smallest absolute Gasteiger partial charge is 0.248 e. The van der Waals surface area contributed by atoms with Crippen molar-refractivity contribution >= 4 is 5.91 Å². The van der Waals surface area contributed by atoms with Gasteiger partial charge in [0.15, 0.2) is 0 Å². The van der Waals surface area contributed by atoms with Gasteiger partial charge in [-0.2, -0.15) is 0 Å². The lowest BCUT2D eigenvalue weighted by molar-refractivity contribution is 0.1000. The average molecular weight is 212 g/mol. The Labute approximate surface area is 90.9 Å². The summed E-state index contributed by atoms with van der Waals surface area (Å²) in [6.45, 7) is 4.43. The van der Waals surface area contributed by atoms with E-state index < -0.39 is 5.91 Å². The lowest BCUT2D eigenvalue weighted by Gasteiger charge is -1.97. The summed E-state index contributed by atoms with van der Waals surface area (Å²) in [5.41, 5.74) is 11.8. The van der Waals surface area contributed by atoms with Crippen LogP contribution in [0.15, 0.2) is 24.3 Å². The molecule has 1 aromatic rings. The van der Waals surface area contributed by atoms with Crippen molar-refractivity contribution in [1.29, 1.82) is 0 Å². The van der Waals surface area contributed by atoms with Crippen LogP contribution in [0.4, 0.5) is 0 Å². The largest absolute Gasteiger partial charge is 0.400 e. The van der Waals surface area contributed by atoms with Gasteiger partial charge in [0.25, 0.3) is 0 Å². The van der Waals surface area contributed by atoms with Crippen molar-refractivity contribution in [3.8, 4) is 0 Å². The molecule has 0 unspecified atom stereocenters. The number of benzene rings is 1. The Morgan fingerprint density at radius 2 is 1.87 bits per heavy atom. The Bertz CT molecular complexity index is 275. The second kappa shape index (κ2) is 10.7. The number of rotatable bonds is 2. The van der Waals surface area contributed by atoms with Crippen LogP contribution >= 0.6 is 0 Å². The summed E-state index contributed by atoms with van der Waals surface area (Å²) in [7, 11) is 1.00. The summed E-state index contributed by atoms with van der Waals surface area (Å²) >= 11 is 0. The van der Waals surface area contributed by atoms with Gasteiger partial charge in [-0.25, -0.2) is 0 Å². The van der Waals surface area contributed by atoms with Crippen LogP contribution in [0.1, 0.15) is 29.8 Å². The zero-order valence-electron chi connectivity index (χ0n) is 9.53. The van der Waals surface area contributed by atoms with Crippen LogP contribution in [0.2, 0.25) is 0 Å². The molecule has 15 heavy (non-hydrogen) atoms. The summed E-state index contributed by atoms with van der Waals surface area (Å²) in [4.78, 5) is 10.7. The van der Waals surface area contributed by atoms with E-state index >= 15 is 0 Å². The molecule has 0 saturated heterocycles. The molecule has 0 aliphatic heterocycles. The molecule has 0 aliphatic carbocycles. The summed E-state index contributed by atoms with van der Waals surface area (Å²) in [5.74, 6) is -0.416. The number of carbonyl (C=O) groups is 1. The molecule has 0 atom stereocenters. The Hall–Kier alpha value is -1.39. The normalized spacial score (nSPS) is 7.80. The first-order chi connectivity index (χ1) is 7.24. The predicted octanol–water partition coefficient (Wildman–Crippen LogP) is 0.879. The van der Waals surface area contributed by atoms with E-state index in [1.165, 1.54) is 0 Å². The minimum absolute atomic E-state index is 0.416. The highest BCUT2D eigenvalue weighted by atomic mass is 16.2. The molecule has 0 aliphatic rings. The fourth-order valence-corrected chi connectivity index (χ4v) is 0.852. The molecule has 0 saturated carbocycles. The maximum absolute atomic E-state index is 10.7. The Morgan fingerprint density at radius 3 is 2.27 bits per heavy atom. The standard InChI is InChI=1S/C8H10N2O.C2H6.CH4O/c9-5-6-2-1-3-7(4-6)8(10)11;2*1-2/h1-4H,5,9H2,(H2,10,11);1-2H3;2H,1H3.